The van der Waals surface area contributed by atoms with Gasteiger partial charge in [-0.25, -0.2) is 19.2 Å². The maximum absolute atomic E-state index is 15.7. The standard InChI is InChI=1S/C43H49FN8O4/c1-5-50(6-2)27(3)41(53)51-22-10-14-36(51)40-46-26-35(48-40)32-21-20-31(24-33(32)44)28-16-18-29(19-17-28)34-25-45-39(47-34)37-15-11-23-52(37)42(54)38(49-43(55)56-4)30-12-8-7-9-13-30/h7-9,12-13,16-21,24-27,36-38H,5-6,10-11,14-15,22-23H2,1-4H3,(H,45,47)(H,46,48)(H,49,55)/t27-,36+,37+,38-/m1/s1. The van der Waals surface area contributed by atoms with Crippen LogP contribution in [-0.4, -0.2) is 91.9 Å². The van der Waals surface area contributed by atoms with Gasteiger partial charge in [-0.1, -0.05) is 74.5 Å². The van der Waals surface area contributed by atoms with Gasteiger partial charge in [-0.15, -0.1) is 0 Å². The molecule has 7 rings (SSSR count). The van der Waals surface area contributed by atoms with Crippen molar-refractivity contribution in [1.29, 1.82) is 0 Å². The van der Waals surface area contributed by atoms with Crippen molar-refractivity contribution < 1.29 is 23.5 Å². The van der Waals surface area contributed by atoms with Gasteiger partial charge in [0.15, 0.2) is 0 Å². The molecule has 3 aromatic carbocycles. The van der Waals surface area contributed by atoms with Crippen molar-refractivity contribution in [3.05, 3.63) is 108 Å². The summed E-state index contributed by atoms with van der Waals surface area (Å²) < 4.78 is 20.5. The van der Waals surface area contributed by atoms with E-state index in [0.29, 0.717) is 41.6 Å². The highest BCUT2D eigenvalue weighted by atomic mass is 19.1. The Hall–Kier alpha value is -5.82. The molecule has 0 radical (unpaired) electrons. The lowest BCUT2D eigenvalue weighted by atomic mass is 10.0. The Balaban J connectivity index is 1.03. The number of ether oxygens (including phenoxy) is 1. The van der Waals surface area contributed by atoms with E-state index in [2.05, 4.69) is 44.0 Å². The first-order chi connectivity index (χ1) is 27.2. The van der Waals surface area contributed by atoms with Crippen LogP contribution in [0.15, 0.2) is 85.2 Å². The molecule has 2 saturated heterocycles. The summed E-state index contributed by atoms with van der Waals surface area (Å²) >= 11 is 0. The molecule has 2 fully saturated rings. The molecular formula is C43H49FN8O4. The van der Waals surface area contributed by atoms with E-state index in [-0.39, 0.29) is 35.8 Å². The Morgan fingerprint density at radius 1 is 0.821 bits per heavy atom. The van der Waals surface area contributed by atoms with Crippen molar-refractivity contribution in [2.24, 2.45) is 0 Å². The second-order valence-electron chi connectivity index (χ2n) is 14.4. The highest BCUT2D eigenvalue weighted by Gasteiger charge is 2.38. The zero-order valence-electron chi connectivity index (χ0n) is 32.3. The zero-order chi connectivity index (χ0) is 39.3. The van der Waals surface area contributed by atoms with E-state index >= 15 is 4.39 Å². The van der Waals surface area contributed by atoms with Crippen LogP contribution in [-0.2, 0) is 14.3 Å². The van der Waals surface area contributed by atoms with Crippen molar-refractivity contribution in [3.8, 4) is 33.6 Å². The van der Waals surface area contributed by atoms with Crippen LogP contribution in [0.4, 0.5) is 9.18 Å². The van der Waals surface area contributed by atoms with E-state index in [1.807, 2.05) is 60.4 Å². The fourth-order valence-electron chi connectivity index (χ4n) is 8.12. The van der Waals surface area contributed by atoms with E-state index in [9.17, 15) is 14.4 Å². The number of amides is 3. The van der Waals surface area contributed by atoms with Gasteiger partial charge >= 0.3 is 6.09 Å². The molecule has 4 atom stereocenters. The lowest BCUT2D eigenvalue weighted by Crippen LogP contribution is -2.46. The Bertz CT molecular complexity index is 2150. The number of imidazole rings is 2. The molecule has 4 heterocycles. The largest absolute Gasteiger partial charge is 0.453 e. The molecule has 292 valence electrons. The quantitative estimate of drug-likeness (QED) is 0.120. The topological polar surface area (TPSA) is 140 Å². The highest BCUT2D eigenvalue weighted by Crippen LogP contribution is 2.36. The molecule has 2 aliphatic heterocycles. The number of likely N-dealkylation sites (tertiary alicyclic amines) is 2. The maximum atomic E-state index is 15.7. The van der Waals surface area contributed by atoms with Crippen molar-refractivity contribution >= 4 is 17.9 Å². The third-order valence-electron chi connectivity index (χ3n) is 11.2. The van der Waals surface area contributed by atoms with Crippen LogP contribution < -0.4 is 5.32 Å². The van der Waals surface area contributed by atoms with Crippen LogP contribution in [0.5, 0.6) is 0 Å². The van der Waals surface area contributed by atoms with Crippen molar-refractivity contribution in [1.82, 2.24) is 40.0 Å². The van der Waals surface area contributed by atoms with Crippen LogP contribution in [0, 0.1) is 5.82 Å². The number of halogens is 1. The third kappa shape index (κ3) is 7.81. The molecule has 2 aromatic heterocycles. The Kier molecular flexibility index (Phi) is 11.6. The smallest absolute Gasteiger partial charge is 0.407 e. The van der Waals surface area contributed by atoms with Gasteiger partial charge in [0.05, 0.1) is 49.0 Å². The molecule has 3 amide bonds. The number of alkyl carbamates (subject to hydrolysis) is 1. The van der Waals surface area contributed by atoms with Crippen molar-refractivity contribution in [2.45, 2.75) is 70.6 Å². The minimum Gasteiger partial charge on any atom is -0.453 e. The van der Waals surface area contributed by atoms with Gasteiger partial charge in [-0.3, -0.25) is 14.5 Å². The predicted molar refractivity (Wildman–Crippen MR) is 211 cm³/mol. The number of nitrogens with zero attached hydrogens (tertiary/aromatic N) is 5. The fraction of sp³-hybridized carbons (Fsp3) is 0.372. The molecule has 2 aliphatic rings. The van der Waals surface area contributed by atoms with Crippen molar-refractivity contribution in [2.75, 3.05) is 33.3 Å². The number of carbonyl (C=O) groups is 3. The molecule has 0 bridgehead atoms. The number of likely N-dealkylation sites (N-methyl/N-ethyl adjacent to an activating group) is 1. The number of nitrogens with one attached hydrogen (secondary N) is 3. The number of aromatic nitrogens is 4. The number of benzene rings is 3. The molecule has 0 spiro atoms. The van der Waals surface area contributed by atoms with Gasteiger partial charge in [0.25, 0.3) is 5.91 Å². The van der Waals surface area contributed by atoms with Gasteiger partial charge in [-0.05, 0) is 80.1 Å². The van der Waals surface area contributed by atoms with Gasteiger partial charge in [-0.2, -0.15) is 0 Å². The number of hydrogen-bond acceptors (Lipinski definition) is 7. The van der Waals surface area contributed by atoms with E-state index in [1.165, 1.54) is 13.2 Å². The van der Waals surface area contributed by atoms with Crippen LogP contribution in [0.1, 0.15) is 81.8 Å². The first kappa shape index (κ1) is 38.5. The molecule has 0 unspecified atom stereocenters. The SMILES string of the molecule is CCN(CC)[C@H](C)C(=O)N1CCC[C@H]1c1ncc(-c2ccc(-c3ccc(-c4cnc([C@@H]5CCCN5C(=O)[C@H](NC(=O)OC)c5ccccc5)[nH]4)cc3)cc2F)[nH]1. The van der Waals surface area contributed by atoms with Gasteiger partial charge in [0, 0.05) is 18.7 Å². The lowest BCUT2D eigenvalue weighted by molar-refractivity contribution is -0.137. The normalized spacial score (nSPS) is 18.0. The second-order valence-corrected chi connectivity index (χ2v) is 14.4. The molecule has 13 heteroatoms. The first-order valence-electron chi connectivity index (χ1n) is 19.5. The third-order valence-corrected chi connectivity index (χ3v) is 11.2. The summed E-state index contributed by atoms with van der Waals surface area (Å²) in [4.78, 5) is 61.3. The number of carbonyl (C=O) groups excluding carboxylic acids is 3. The number of hydrogen-bond donors (Lipinski definition) is 3. The average molecular weight is 761 g/mol. The minimum absolute atomic E-state index is 0.0969. The molecule has 5 aromatic rings. The van der Waals surface area contributed by atoms with E-state index in [0.717, 1.165) is 61.2 Å². The predicted octanol–water partition coefficient (Wildman–Crippen LogP) is 7.43. The molecular weight excluding hydrogens is 712 g/mol. The minimum atomic E-state index is -0.895. The Morgan fingerprint density at radius 2 is 1.39 bits per heavy atom. The molecule has 56 heavy (non-hydrogen) atoms. The lowest BCUT2D eigenvalue weighted by Gasteiger charge is -2.31. The maximum Gasteiger partial charge on any atom is 0.407 e. The molecule has 0 saturated carbocycles. The summed E-state index contributed by atoms with van der Waals surface area (Å²) in [5, 5.41) is 2.70. The number of methoxy groups -OCH3 is 1. The van der Waals surface area contributed by atoms with E-state index in [4.69, 9.17) is 4.74 Å². The molecule has 3 N–H and O–H groups in total. The van der Waals surface area contributed by atoms with E-state index < -0.39 is 12.1 Å². The van der Waals surface area contributed by atoms with Crippen LogP contribution in [0.25, 0.3) is 33.6 Å². The summed E-state index contributed by atoms with van der Waals surface area (Å²) in [6.07, 6.45) is 5.96. The fourth-order valence-corrected chi connectivity index (χ4v) is 8.12. The summed E-state index contributed by atoms with van der Waals surface area (Å²) in [7, 11) is 1.27. The van der Waals surface area contributed by atoms with Gasteiger partial charge in [0.2, 0.25) is 5.91 Å². The van der Waals surface area contributed by atoms with Crippen LogP contribution in [0.3, 0.4) is 0 Å². The number of H-pyrrole nitrogens is 2. The number of rotatable bonds is 12. The summed E-state index contributed by atoms with van der Waals surface area (Å²) in [6.45, 7) is 8.91. The average Bonchev–Trinajstić information content (AvgIpc) is 4.07. The summed E-state index contributed by atoms with van der Waals surface area (Å²) in [5.74, 6) is 0.838. The Morgan fingerprint density at radius 3 is 2.00 bits per heavy atom. The second kappa shape index (κ2) is 16.9. The van der Waals surface area contributed by atoms with Gasteiger partial charge in [0.1, 0.15) is 23.5 Å². The first-order valence-corrected chi connectivity index (χ1v) is 19.5. The highest BCUT2D eigenvalue weighted by molar-refractivity contribution is 5.87. The summed E-state index contributed by atoms with van der Waals surface area (Å²) in [5.41, 5.74) is 4.92. The zero-order valence-corrected chi connectivity index (χ0v) is 32.3. The van der Waals surface area contributed by atoms with Crippen LogP contribution in [0.2, 0.25) is 0 Å². The summed E-state index contributed by atoms with van der Waals surface area (Å²) in [6, 6.07) is 20.5. The van der Waals surface area contributed by atoms with Crippen molar-refractivity contribution in [3.63, 3.8) is 0 Å². The number of aromatic amines is 2. The molecule has 12 nitrogen and oxygen atoms in total. The van der Waals surface area contributed by atoms with Gasteiger partial charge < -0.3 is 29.8 Å². The van der Waals surface area contributed by atoms with Crippen LogP contribution >= 0.6 is 0 Å². The molecule has 0 aliphatic carbocycles. The monoisotopic (exact) mass is 760 g/mol. The Labute approximate surface area is 326 Å². The van der Waals surface area contributed by atoms with E-state index in [1.54, 1.807) is 35.5 Å².